The number of thiazole rings is 1. The summed E-state index contributed by atoms with van der Waals surface area (Å²) in [4.78, 5) is 4.37. The minimum atomic E-state index is 0.676. The van der Waals surface area contributed by atoms with Gasteiger partial charge in [0.05, 0.1) is 0 Å². The van der Waals surface area contributed by atoms with E-state index in [1.807, 2.05) is 11.6 Å². The van der Waals surface area contributed by atoms with E-state index in [0.717, 1.165) is 16.8 Å². The highest BCUT2D eigenvalue weighted by molar-refractivity contribution is 7.13. The third kappa shape index (κ3) is 3.13. The largest absolute Gasteiger partial charge is 0.382 e. The minimum absolute atomic E-state index is 0.676. The molecule has 2 aliphatic rings. The molecule has 1 heterocycles. The van der Waals surface area contributed by atoms with E-state index in [0.29, 0.717) is 6.04 Å². The lowest BCUT2D eigenvalue weighted by molar-refractivity contribution is 0.303. The minimum Gasteiger partial charge on any atom is -0.382 e. The molecule has 2 unspecified atom stereocenters. The van der Waals surface area contributed by atoms with E-state index in [-0.39, 0.29) is 0 Å². The molecular weight excluding hydrogens is 276 g/mol. The molecule has 4 rings (SSSR count). The third-order valence-electron chi connectivity index (χ3n) is 4.94. The van der Waals surface area contributed by atoms with E-state index in [4.69, 9.17) is 0 Å². The maximum Gasteiger partial charge on any atom is 0.123 e. The second-order valence-electron chi connectivity index (χ2n) is 6.52. The maximum atomic E-state index is 4.37. The number of rotatable bonds is 4. The van der Waals surface area contributed by atoms with Crippen molar-refractivity contribution in [3.8, 4) is 10.6 Å². The molecular formula is C18H22N2S. The van der Waals surface area contributed by atoms with Crippen molar-refractivity contribution in [3.05, 3.63) is 35.8 Å². The van der Waals surface area contributed by atoms with Gasteiger partial charge in [-0.15, -0.1) is 11.3 Å². The van der Waals surface area contributed by atoms with E-state index in [9.17, 15) is 0 Å². The van der Waals surface area contributed by atoms with Crippen LogP contribution in [0, 0.1) is 11.8 Å². The summed E-state index contributed by atoms with van der Waals surface area (Å²) in [5.74, 6) is 2.05. The summed E-state index contributed by atoms with van der Waals surface area (Å²) in [6, 6.07) is 9.45. The van der Waals surface area contributed by atoms with E-state index >= 15 is 0 Å². The lowest BCUT2D eigenvalue weighted by Crippen LogP contribution is -2.28. The zero-order chi connectivity index (χ0) is 14.1. The number of hydrogen-bond acceptors (Lipinski definition) is 3. The Morgan fingerprint density at radius 2 is 1.86 bits per heavy atom. The molecule has 21 heavy (non-hydrogen) atoms. The van der Waals surface area contributed by atoms with Crippen LogP contribution in [-0.2, 0) is 0 Å². The molecule has 2 atom stereocenters. The van der Waals surface area contributed by atoms with Crippen LogP contribution in [0.1, 0.15) is 38.5 Å². The number of benzene rings is 1. The molecule has 0 radical (unpaired) electrons. The van der Waals surface area contributed by atoms with Gasteiger partial charge >= 0.3 is 0 Å². The van der Waals surface area contributed by atoms with Crippen molar-refractivity contribution in [1.82, 2.24) is 4.98 Å². The van der Waals surface area contributed by atoms with Crippen LogP contribution in [0.2, 0.25) is 0 Å². The lowest BCUT2D eigenvalue weighted by Gasteiger charge is -2.30. The monoisotopic (exact) mass is 298 g/mol. The van der Waals surface area contributed by atoms with Gasteiger partial charge < -0.3 is 5.32 Å². The van der Waals surface area contributed by atoms with Crippen LogP contribution < -0.4 is 5.32 Å². The summed E-state index contributed by atoms with van der Waals surface area (Å²) in [5, 5.41) is 6.88. The average molecular weight is 298 g/mol. The highest BCUT2D eigenvalue weighted by Gasteiger charge is 2.34. The van der Waals surface area contributed by atoms with Crippen LogP contribution in [0.5, 0.6) is 0 Å². The molecule has 0 aliphatic heterocycles. The molecule has 2 fully saturated rings. The van der Waals surface area contributed by atoms with Gasteiger partial charge in [-0.2, -0.15) is 0 Å². The fourth-order valence-electron chi connectivity index (χ4n) is 3.67. The Kier molecular flexibility index (Phi) is 3.68. The van der Waals surface area contributed by atoms with Crippen LogP contribution in [0.4, 0.5) is 5.69 Å². The van der Waals surface area contributed by atoms with Gasteiger partial charge in [-0.25, -0.2) is 4.98 Å². The Morgan fingerprint density at radius 3 is 2.57 bits per heavy atom. The van der Waals surface area contributed by atoms with Gasteiger partial charge in [0.25, 0.3) is 0 Å². The lowest BCUT2D eigenvalue weighted by atomic mass is 9.82. The van der Waals surface area contributed by atoms with Crippen LogP contribution >= 0.6 is 11.3 Å². The smallest absolute Gasteiger partial charge is 0.123 e. The molecule has 2 aromatic rings. The molecule has 2 saturated carbocycles. The van der Waals surface area contributed by atoms with Crippen molar-refractivity contribution in [2.75, 3.05) is 5.32 Å². The Hall–Kier alpha value is -1.35. The Labute approximate surface area is 130 Å². The summed E-state index contributed by atoms with van der Waals surface area (Å²) < 4.78 is 0. The molecule has 3 heteroatoms. The normalized spacial score (nSPS) is 25.7. The summed E-state index contributed by atoms with van der Waals surface area (Å²) in [5.41, 5.74) is 2.48. The fraction of sp³-hybridized carbons (Fsp3) is 0.500. The first-order valence-electron chi connectivity index (χ1n) is 8.15. The van der Waals surface area contributed by atoms with Crippen LogP contribution in [0.25, 0.3) is 10.6 Å². The van der Waals surface area contributed by atoms with Gasteiger partial charge in [0, 0.05) is 28.9 Å². The molecule has 2 aliphatic carbocycles. The first-order chi connectivity index (χ1) is 10.4. The molecule has 0 spiro atoms. The van der Waals surface area contributed by atoms with E-state index in [2.05, 4.69) is 34.6 Å². The number of nitrogens with zero attached hydrogens (tertiary/aromatic N) is 1. The average Bonchev–Trinajstić information content (AvgIpc) is 3.24. The summed E-state index contributed by atoms with van der Waals surface area (Å²) in [7, 11) is 0. The van der Waals surface area contributed by atoms with Gasteiger partial charge in [0.1, 0.15) is 5.01 Å². The maximum absolute atomic E-state index is 4.37. The van der Waals surface area contributed by atoms with Crippen molar-refractivity contribution in [2.45, 2.75) is 44.6 Å². The van der Waals surface area contributed by atoms with Crippen molar-refractivity contribution in [2.24, 2.45) is 11.8 Å². The number of anilines is 1. The molecule has 110 valence electrons. The van der Waals surface area contributed by atoms with Crippen LogP contribution in [0.15, 0.2) is 35.8 Å². The van der Waals surface area contributed by atoms with Crippen molar-refractivity contribution < 1.29 is 0 Å². The predicted octanol–water partition coefficient (Wildman–Crippen LogP) is 5.19. The van der Waals surface area contributed by atoms with E-state index < -0.39 is 0 Å². The van der Waals surface area contributed by atoms with Gasteiger partial charge in [0.2, 0.25) is 0 Å². The summed E-state index contributed by atoms with van der Waals surface area (Å²) in [6.07, 6.45) is 10.4. The first-order valence-corrected chi connectivity index (χ1v) is 9.03. The molecule has 0 amide bonds. The third-order valence-corrected chi connectivity index (χ3v) is 5.76. The zero-order valence-electron chi connectivity index (χ0n) is 12.3. The summed E-state index contributed by atoms with van der Waals surface area (Å²) >= 11 is 1.70. The molecule has 0 bridgehead atoms. The highest BCUT2D eigenvalue weighted by atomic mass is 32.1. The zero-order valence-corrected chi connectivity index (χ0v) is 13.1. The molecule has 1 N–H and O–H groups in total. The standard InChI is InChI=1S/C18H22N2S/c1-2-15(13-4-5-13)12-17(3-1)20-16-8-6-14(7-9-16)18-19-10-11-21-18/h6-11,13,15,17,20H,1-5,12H2. The SMILES string of the molecule is c1csc(-c2ccc(NC3CCCC(C4CC4)C3)cc2)n1. The Bertz CT molecular complexity index is 572. The number of hydrogen-bond donors (Lipinski definition) is 1. The van der Waals surface area contributed by atoms with Gasteiger partial charge in [-0.3, -0.25) is 0 Å². The van der Waals surface area contributed by atoms with Gasteiger partial charge in [-0.05, 0) is 61.8 Å². The van der Waals surface area contributed by atoms with Crippen LogP contribution in [0.3, 0.4) is 0 Å². The summed E-state index contributed by atoms with van der Waals surface area (Å²) in [6.45, 7) is 0. The van der Waals surface area contributed by atoms with E-state index in [1.54, 1.807) is 11.3 Å². The Balaban J connectivity index is 1.40. The van der Waals surface area contributed by atoms with Gasteiger partial charge in [0.15, 0.2) is 0 Å². The number of nitrogens with one attached hydrogen (secondary N) is 1. The quantitative estimate of drug-likeness (QED) is 0.840. The highest BCUT2D eigenvalue weighted by Crippen LogP contribution is 2.44. The van der Waals surface area contributed by atoms with Crippen molar-refractivity contribution in [1.29, 1.82) is 0 Å². The Morgan fingerprint density at radius 1 is 1.00 bits per heavy atom. The van der Waals surface area contributed by atoms with Crippen LogP contribution in [-0.4, -0.2) is 11.0 Å². The first kappa shape index (κ1) is 13.3. The second kappa shape index (κ2) is 5.80. The van der Waals surface area contributed by atoms with E-state index in [1.165, 1.54) is 49.8 Å². The predicted molar refractivity (Wildman–Crippen MR) is 89.6 cm³/mol. The number of aromatic nitrogens is 1. The molecule has 0 saturated heterocycles. The second-order valence-corrected chi connectivity index (χ2v) is 7.41. The molecule has 1 aromatic carbocycles. The van der Waals surface area contributed by atoms with Crippen molar-refractivity contribution >= 4 is 17.0 Å². The molecule has 2 nitrogen and oxygen atoms in total. The molecule has 1 aromatic heterocycles. The topological polar surface area (TPSA) is 24.9 Å². The fourth-order valence-corrected chi connectivity index (χ4v) is 4.31. The van der Waals surface area contributed by atoms with Crippen molar-refractivity contribution in [3.63, 3.8) is 0 Å². The van der Waals surface area contributed by atoms with Gasteiger partial charge in [-0.1, -0.05) is 12.8 Å².